The predicted molar refractivity (Wildman–Crippen MR) is 62.0 cm³/mol. The predicted octanol–water partition coefficient (Wildman–Crippen LogP) is -0.0234. The SMILES string of the molecule is COc1ccc(N/N=C(/C#N)C(=O)NN)cc1. The summed E-state index contributed by atoms with van der Waals surface area (Å²) >= 11 is 0. The molecule has 0 saturated heterocycles. The molecule has 1 aromatic rings. The summed E-state index contributed by atoms with van der Waals surface area (Å²) in [6.45, 7) is 0. The summed E-state index contributed by atoms with van der Waals surface area (Å²) in [5.41, 5.74) is 4.63. The molecule has 0 spiro atoms. The number of rotatable bonds is 4. The van der Waals surface area contributed by atoms with Crippen LogP contribution in [0.3, 0.4) is 0 Å². The maximum Gasteiger partial charge on any atom is 0.296 e. The standard InChI is InChI=1S/C10H11N5O2/c1-17-8-4-2-7(3-5-8)14-15-9(6-11)10(16)13-12/h2-5,14H,12H2,1H3,(H,13,16)/b15-9-. The molecule has 0 heterocycles. The number of benzene rings is 1. The van der Waals surface area contributed by atoms with Crippen LogP contribution in [0.2, 0.25) is 0 Å². The molecule has 0 bridgehead atoms. The van der Waals surface area contributed by atoms with Gasteiger partial charge in [-0.25, -0.2) is 5.84 Å². The number of hydrogen-bond donors (Lipinski definition) is 3. The van der Waals surface area contributed by atoms with E-state index in [1.165, 1.54) is 0 Å². The van der Waals surface area contributed by atoms with Gasteiger partial charge in [0.2, 0.25) is 5.71 Å². The number of anilines is 1. The molecule has 0 atom stereocenters. The second-order valence-electron chi connectivity index (χ2n) is 2.89. The van der Waals surface area contributed by atoms with Crippen molar-refractivity contribution in [3.8, 4) is 11.8 Å². The molecular formula is C10H11N5O2. The monoisotopic (exact) mass is 233 g/mol. The van der Waals surface area contributed by atoms with Crippen molar-refractivity contribution >= 4 is 17.3 Å². The molecule has 0 aliphatic heterocycles. The van der Waals surface area contributed by atoms with Gasteiger partial charge in [0.15, 0.2) is 0 Å². The second kappa shape index (κ2) is 6.09. The van der Waals surface area contributed by atoms with Gasteiger partial charge in [0.05, 0.1) is 12.8 Å². The lowest BCUT2D eigenvalue weighted by molar-refractivity contribution is -0.114. The molecule has 17 heavy (non-hydrogen) atoms. The highest BCUT2D eigenvalue weighted by Crippen LogP contribution is 2.14. The van der Waals surface area contributed by atoms with E-state index >= 15 is 0 Å². The Kier molecular flexibility index (Phi) is 4.47. The minimum atomic E-state index is -0.756. The summed E-state index contributed by atoms with van der Waals surface area (Å²) in [6, 6.07) is 8.43. The van der Waals surface area contributed by atoms with E-state index in [9.17, 15) is 4.79 Å². The van der Waals surface area contributed by atoms with Crippen molar-refractivity contribution in [2.75, 3.05) is 12.5 Å². The molecule has 0 radical (unpaired) electrons. The van der Waals surface area contributed by atoms with Gasteiger partial charge in [0, 0.05) is 0 Å². The van der Waals surface area contributed by atoms with E-state index in [2.05, 4.69) is 10.5 Å². The molecule has 1 aromatic carbocycles. The number of hydrogen-bond acceptors (Lipinski definition) is 6. The molecule has 0 aliphatic carbocycles. The lowest BCUT2D eigenvalue weighted by atomic mass is 10.3. The van der Waals surface area contributed by atoms with E-state index in [4.69, 9.17) is 15.8 Å². The number of nitrogens with one attached hydrogen (secondary N) is 2. The molecule has 1 amide bonds. The van der Waals surface area contributed by atoms with Gasteiger partial charge in [0.25, 0.3) is 5.91 Å². The number of carbonyl (C=O) groups excluding carboxylic acids is 1. The fraction of sp³-hybridized carbons (Fsp3) is 0.100. The van der Waals surface area contributed by atoms with E-state index in [0.717, 1.165) is 0 Å². The average Bonchev–Trinajstić information content (AvgIpc) is 2.39. The van der Waals surface area contributed by atoms with Crippen molar-refractivity contribution in [1.29, 1.82) is 5.26 Å². The molecule has 1 rings (SSSR count). The maximum atomic E-state index is 11.0. The molecule has 0 aliphatic rings. The van der Waals surface area contributed by atoms with E-state index in [1.54, 1.807) is 37.4 Å². The van der Waals surface area contributed by atoms with Crippen molar-refractivity contribution in [2.24, 2.45) is 10.9 Å². The Hall–Kier alpha value is -2.59. The van der Waals surface area contributed by atoms with Crippen molar-refractivity contribution in [3.05, 3.63) is 24.3 Å². The number of hydrazine groups is 1. The van der Waals surface area contributed by atoms with Crippen LogP contribution in [0, 0.1) is 11.3 Å². The van der Waals surface area contributed by atoms with Crippen LogP contribution in [0.15, 0.2) is 29.4 Å². The number of nitrogens with two attached hydrogens (primary N) is 1. The normalized spacial score (nSPS) is 10.3. The highest BCUT2D eigenvalue weighted by Gasteiger charge is 2.08. The maximum absolute atomic E-state index is 11.0. The summed E-state index contributed by atoms with van der Waals surface area (Å²) in [6.07, 6.45) is 0. The van der Waals surface area contributed by atoms with E-state index < -0.39 is 5.91 Å². The fourth-order valence-electron chi connectivity index (χ4n) is 0.981. The van der Waals surface area contributed by atoms with Gasteiger partial charge >= 0.3 is 0 Å². The smallest absolute Gasteiger partial charge is 0.296 e. The molecule has 0 fully saturated rings. The number of nitrogens with zero attached hydrogens (tertiary/aromatic N) is 2. The quantitative estimate of drug-likeness (QED) is 0.293. The van der Waals surface area contributed by atoms with E-state index in [1.807, 2.05) is 5.43 Å². The first-order valence-corrected chi connectivity index (χ1v) is 4.60. The Morgan fingerprint density at radius 2 is 2.12 bits per heavy atom. The molecule has 7 nitrogen and oxygen atoms in total. The van der Waals surface area contributed by atoms with Crippen LogP contribution >= 0.6 is 0 Å². The summed E-state index contributed by atoms with van der Waals surface area (Å²) in [5, 5.41) is 12.2. The third-order valence-electron chi connectivity index (χ3n) is 1.84. The lowest BCUT2D eigenvalue weighted by Crippen LogP contribution is -2.36. The molecule has 88 valence electrons. The second-order valence-corrected chi connectivity index (χ2v) is 2.89. The van der Waals surface area contributed by atoms with Crippen LogP contribution in [0.5, 0.6) is 5.75 Å². The number of ether oxygens (including phenoxy) is 1. The van der Waals surface area contributed by atoms with E-state index in [-0.39, 0.29) is 5.71 Å². The van der Waals surface area contributed by atoms with Crippen molar-refractivity contribution in [2.45, 2.75) is 0 Å². The molecular weight excluding hydrogens is 222 g/mol. The summed E-state index contributed by atoms with van der Waals surface area (Å²) in [5.74, 6) is 4.82. The first kappa shape index (κ1) is 12.5. The largest absolute Gasteiger partial charge is 0.497 e. The molecule has 7 heteroatoms. The topological polar surface area (TPSA) is 113 Å². The Bertz CT molecular complexity index is 461. The zero-order chi connectivity index (χ0) is 12.7. The Labute approximate surface area is 97.8 Å². The zero-order valence-electron chi connectivity index (χ0n) is 9.10. The summed E-state index contributed by atoms with van der Waals surface area (Å²) in [4.78, 5) is 11.0. The third kappa shape index (κ3) is 3.48. The molecule has 0 saturated carbocycles. The highest BCUT2D eigenvalue weighted by atomic mass is 16.5. The number of nitriles is 1. The Morgan fingerprint density at radius 1 is 1.47 bits per heavy atom. The van der Waals surface area contributed by atoms with Crippen LogP contribution in [0.1, 0.15) is 0 Å². The van der Waals surface area contributed by atoms with Gasteiger partial charge in [-0.3, -0.25) is 15.6 Å². The highest BCUT2D eigenvalue weighted by molar-refractivity contribution is 6.45. The number of hydrazone groups is 1. The first-order chi connectivity index (χ1) is 8.21. The van der Waals surface area contributed by atoms with Crippen molar-refractivity contribution in [1.82, 2.24) is 5.43 Å². The minimum Gasteiger partial charge on any atom is -0.497 e. The van der Waals surface area contributed by atoms with Gasteiger partial charge in [-0.15, -0.1) is 0 Å². The lowest BCUT2D eigenvalue weighted by Gasteiger charge is -2.02. The van der Waals surface area contributed by atoms with Crippen molar-refractivity contribution < 1.29 is 9.53 Å². The number of methoxy groups -OCH3 is 1. The first-order valence-electron chi connectivity index (χ1n) is 4.60. The van der Waals surface area contributed by atoms with Gasteiger partial charge in [0.1, 0.15) is 11.8 Å². The van der Waals surface area contributed by atoms with Gasteiger partial charge < -0.3 is 4.74 Å². The van der Waals surface area contributed by atoms with Crippen LogP contribution < -0.4 is 21.4 Å². The van der Waals surface area contributed by atoms with Gasteiger partial charge in [-0.05, 0) is 24.3 Å². The van der Waals surface area contributed by atoms with Crippen molar-refractivity contribution in [3.63, 3.8) is 0 Å². The Morgan fingerprint density at radius 3 is 2.59 bits per heavy atom. The minimum absolute atomic E-state index is 0.358. The van der Waals surface area contributed by atoms with E-state index in [0.29, 0.717) is 11.4 Å². The van der Waals surface area contributed by atoms with Crippen LogP contribution in [0.25, 0.3) is 0 Å². The zero-order valence-corrected chi connectivity index (χ0v) is 9.10. The van der Waals surface area contributed by atoms with Crippen LogP contribution in [0.4, 0.5) is 5.69 Å². The molecule has 0 unspecified atom stereocenters. The average molecular weight is 233 g/mol. The third-order valence-corrected chi connectivity index (χ3v) is 1.84. The summed E-state index contributed by atoms with van der Waals surface area (Å²) in [7, 11) is 1.56. The van der Waals surface area contributed by atoms with Gasteiger partial charge in [-0.1, -0.05) is 0 Å². The van der Waals surface area contributed by atoms with Crippen LogP contribution in [-0.2, 0) is 4.79 Å². The number of amides is 1. The molecule has 0 aromatic heterocycles. The van der Waals surface area contributed by atoms with Crippen LogP contribution in [-0.4, -0.2) is 18.7 Å². The summed E-state index contributed by atoms with van der Waals surface area (Å²) < 4.78 is 4.97. The Balaban J connectivity index is 2.74. The molecule has 4 N–H and O–H groups in total. The number of carbonyl (C=O) groups is 1. The van der Waals surface area contributed by atoms with Gasteiger partial charge in [-0.2, -0.15) is 10.4 Å². The fourth-order valence-corrected chi connectivity index (χ4v) is 0.981.